The van der Waals surface area contributed by atoms with Crippen molar-refractivity contribution in [1.82, 2.24) is 15.3 Å². The average molecular weight is 446 g/mol. The van der Waals surface area contributed by atoms with Gasteiger partial charge in [0.05, 0.1) is 30.8 Å². The maximum Gasteiger partial charge on any atom is 0.306 e. The Bertz CT molecular complexity index is 1040. The number of pyridine rings is 2. The SMILES string of the molecule is CCOC(=O)CCc1cc(CCN[C@H](c2ccccc2)[C@H]2CNc3cccnc3N2)ccn1. The molecule has 0 bridgehead atoms. The van der Waals surface area contributed by atoms with Crippen molar-refractivity contribution >= 4 is 17.5 Å². The van der Waals surface area contributed by atoms with Crippen molar-refractivity contribution in [2.45, 2.75) is 38.3 Å². The maximum absolute atomic E-state index is 11.6. The van der Waals surface area contributed by atoms with Crippen LogP contribution < -0.4 is 16.0 Å². The predicted octanol–water partition coefficient (Wildman–Crippen LogP) is 3.75. The molecule has 1 aromatic carbocycles. The maximum atomic E-state index is 11.6. The van der Waals surface area contributed by atoms with E-state index >= 15 is 0 Å². The minimum absolute atomic E-state index is 0.124. The molecule has 0 aliphatic carbocycles. The molecule has 0 spiro atoms. The summed E-state index contributed by atoms with van der Waals surface area (Å²) in [5, 5.41) is 10.8. The topological polar surface area (TPSA) is 88.2 Å². The number of benzene rings is 1. The van der Waals surface area contributed by atoms with E-state index in [2.05, 4.69) is 56.3 Å². The Kier molecular flexibility index (Phi) is 7.87. The first-order chi connectivity index (χ1) is 16.2. The third-order valence-corrected chi connectivity index (χ3v) is 5.75. The van der Waals surface area contributed by atoms with E-state index in [0.717, 1.165) is 36.7 Å². The molecule has 7 heteroatoms. The van der Waals surface area contributed by atoms with Gasteiger partial charge in [-0.2, -0.15) is 0 Å². The summed E-state index contributed by atoms with van der Waals surface area (Å²) in [6, 6.07) is 18.9. The van der Waals surface area contributed by atoms with Crippen LogP contribution in [0.2, 0.25) is 0 Å². The lowest BCUT2D eigenvalue weighted by molar-refractivity contribution is -0.143. The van der Waals surface area contributed by atoms with Gasteiger partial charge in [0.2, 0.25) is 0 Å². The highest BCUT2D eigenvalue weighted by Crippen LogP contribution is 2.28. The van der Waals surface area contributed by atoms with Crippen molar-refractivity contribution in [3.8, 4) is 0 Å². The number of carbonyl (C=O) groups excluding carboxylic acids is 1. The quantitative estimate of drug-likeness (QED) is 0.410. The second-order valence-corrected chi connectivity index (χ2v) is 8.08. The van der Waals surface area contributed by atoms with Crippen LogP contribution in [0.1, 0.15) is 36.2 Å². The van der Waals surface area contributed by atoms with E-state index in [9.17, 15) is 4.79 Å². The van der Waals surface area contributed by atoms with Gasteiger partial charge in [-0.15, -0.1) is 0 Å². The van der Waals surface area contributed by atoms with Crippen LogP contribution in [-0.2, 0) is 22.4 Å². The Balaban J connectivity index is 1.38. The predicted molar refractivity (Wildman–Crippen MR) is 130 cm³/mol. The number of esters is 1. The van der Waals surface area contributed by atoms with Crippen LogP contribution in [0.4, 0.5) is 11.5 Å². The number of rotatable bonds is 10. The fraction of sp³-hybridized carbons (Fsp3) is 0.346. The van der Waals surface area contributed by atoms with E-state index in [-0.39, 0.29) is 18.1 Å². The molecular weight excluding hydrogens is 414 g/mol. The van der Waals surface area contributed by atoms with E-state index in [4.69, 9.17) is 4.74 Å². The highest BCUT2D eigenvalue weighted by Gasteiger charge is 2.27. The van der Waals surface area contributed by atoms with E-state index in [1.807, 2.05) is 43.6 Å². The van der Waals surface area contributed by atoms with Crippen molar-refractivity contribution in [3.05, 3.63) is 83.8 Å². The standard InChI is InChI=1S/C26H31N5O2/c1-2-33-24(32)11-10-21-17-19(12-15-27-21)13-16-28-25(20-7-4-3-5-8-20)23-18-30-22-9-6-14-29-26(22)31-23/h3-9,12,14-15,17,23,25,28,30H,2,10-11,13,16,18H2,1H3,(H,29,31)/t23-,25-/m1/s1. The summed E-state index contributed by atoms with van der Waals surface area (Å²) in [5.74, 6) is 0.707. The molecule has 0 unspecified atom stereocenters. The molecule has 0 amide bonds. The lowest BCUT2D eigenvalue weighted by atomic mass is 9.97. The van der Waals surface area contributed by atoms with Crippen LogP contribution >= 0.6 is 0 Å². The molecule has 7 nitrogen and oxygen atoms in total. The fourth-order valence-electron chi connectivity index (χ4n) is 4.12. The molecule has 1 aliphatic heterocycles. The van der Waals surface area contributed by atoms with Gasteiger partial charge in [0.25, 0.3) is 0 Å². The average Bonchev–Trinajstić information content (AvgIpc) is 2.86. The summed E-state index contributed by atoms with van der Waals surface area (Å²) in [4.78, 5) is 20.5. The third kappa shape index (κ3) is 6.29. The number of aromatic nitrogens is 2. The van der Waals surface area contributed by atoms with Crippen molar-refractivity contribution < 1.29 is 9.53 Å². The minimum atomic E-state index is -0.179. The van der Waals surface area contributed by atoms with Gasteiger partial charge in [0, 0.05) is 31.1 Å². The molecule has 3 aromatic rings. The lowest BCUT2D eigenvalue weighted by Gasteiger charge is -2.34. The first kappa shape index (κ1) is 22.7. The summed E-state index contributed by atoms with van der Waals surface area (Å²) >= 11 is 0. The number of hydrogen-bond acceptors (Lipinski definition) is 7. The van der Waals surface area contributed by atoms with Crippen LogP contribution in [0, 0.1) is 0 Å². The molecule has 0 saturated heterocycles. The van der Waals surface area contributed by atoms with Crippen molar-refractivity contribution in [2.24, 2.45) is 0 Å². The van der Waals surface area contributed by atoms with E-state index in [1.54, 1.807) is 0 Å². The number of aryl methyl sites for hydroxylation is 1. The monoisotopic (exact) mass is 445 g/mol. The highest BCUT2D eigenvalue weighted by atomic mass is 16.5. The molecule has 172 valence electrons. The lowest BCUT2D eigenvalue weighted by Crippen LogP contribution is -2.44. The van der Waals surface area contributed by atoms with Crippen LogP contribution in [0.25, 0.3) is 0 Å². The number of fused-ring (bicyclic) bond motifs is 1. The van der Waals surface area contributed by atoms with Crippen molar-refractivity contribution in [1.29, 1.82) is 0 Å². The molecule has 0 saturated carbocycles. The number of nitrogens with zero attached hydrogens (tertiary/aromatic N) is 2. The summed E-state index contributed by atoms with van der Waals surface area (Å²) in [6.07, 6.45) is 5.45. The van der Waals surface area contributed by atoms with E-state index < -0.39 is 0 Å². The van der Waals surface area contributed by atoms with Crippen molar-refractivity contribution in [2.75, 3.05) is 30.3 Å². The Labute approximate surface area is 195 Å². The van der Waals surface area contributed by atoms with Gasteiger partial charge < -0.3 is 20.7 Å². The van der Waals surface area contributed by atoms with Crippen LogP contribution in [-0.4, -0.2) is 41.7 Å². The minimum Gasteiger partial charge on any atom is -0.466 e. The first-order valence-corrected chi connectivity index (χ1v) is 11.6. The Hall–Kier alpha value is -3.45. The molecule has 33 heavy (non-hydrogen) atoms. The zero-order valence-electron chi connectivity index (χ0n) is 19.0. The zero-order chi connectivity index (χ0) is 22.9. The van der Waals surface area contributed by atoms with Crippen molar-refractivity contribution in [3.63, 3.8) is 0 Å². The molecule has 3 N–H and O–H groups in total. The Morgan fingerprint density at radius 2 is 2.00 bits per heavy atom. The molecule has 4 rings (SSSR count). The largest absolute Gasteiger partial charge is 0.466 e. The molecular formula is C26H31N5O2. The van der Waals surface area contributed by atoms with Gasteiger partial charge in [-0.05, 0) is 55.3 Å². The Morgan fingerprint density at radius 1 is 1.12 bits per heavy atom. The van der Waals surface area contributed by atoms with Gasteiger partial charge in [-0.3, -0.25) is 9.78 Å². The number of hydrogen-bond donors (Lipinski definition) is 3. The van der Waals surface area contributed by atoms with Crippen LogP contribution in [0.5, 0.6) is 0 Å². The smallest absolute Gasteiger partial charge is 0.306 e. The summed E-state index contributed by atoms with van der Waals surface area (Å²) in [6.45, 7) is 3.85. The molecule has 2 aromatic heterocycles. The number of anilines is 2. The number of nitrogens with one attached hydrogen (secondary N) is 3. The highest BCUT2D eigenvalue weighted by molar-refractivity contribution is 5.69. The van der Waals surface area contributed by atoms with Crippen LogP contribution in [0.3, 0.4) is 0 Å². The number of ether oxygens (including phenoxy) is 1. The first-order valence-electron chi connectivity index (χ1n) is 11.6. The number of carbonyl (C=O) groups is 1. The van der Waals surface area contributed by atoms with E-state index in [1.165, 1.54) is 11.1 Å². The molecule has 3 heterocycles. The third-order valence-electron chi connectivity index (χ3n) is 5.75. The second-order valence-electron chi connectivity index (χ2n) is 8.08. The van der Waals surface area contributed by atoms with Gasteiger partial charge in [-0.1, -0.05) is 30.3 Å². The zero-order valence-corrected chi connectivity index (χ0v) is 19.0. The van der Waals surface area contributed by atoms with Gasteiger partial charge in [0.1, 0.15) is 5.82 Å². The van der Waals surface area contributed by atoms with Crippen LogP contribution in [0.15, 0.2) is 67.0 Å². The van der Waals surface area contributed by atoms with Gasteiger partial charge in [0.15, 0.2) is 0 Å². The summed E-state index contributed by atoms with van der Waals surface area (Å²) in [7, 11) is 0. The fourth-order valence-corrected chi connectivity index (χ4v) is 4.12. The Morgan fingerprint density at radius 3 is 2.85 bits per heavy atom. The molecule has 2 atom stereocenters. The molecule has 0 radical (unpaired) electrons. The van der Waals surface area contributed by atoms with E-state index in [0.29, 0.717) is 19.4 Å². The molecule has 0 fully saturated rings. The summed E-state index contributed by atoms with van der Waals surface area (Å²) < 4.78 is 5.01. The molecule has 1 aliphatic rings. The second kappa shape index (κ2) is 11.4. The van der Waals surface area contributed by atoms with Gasteiger partial charge in [-0.25, -0.2) is 4.98 Å². The van der Waals surface area contributed by atoms with Gasteiger partial charge >= 0.3 is 5.97 Å². The normalized spacial score (nSPS) is 15.6. The summed E-state index contributed by atoms with van der Waals surface area (Å²) in [5.41, 5.74) is 4.39.